The molecule has 0 aliphatic carbocycles. The van der Waals surface area contributed by atoms with Gasteiger partial charge in [-0.15, -0.1) is 0 Å². The maximum absolute atomic E-state index is 10.4. The van der Waals surface area contributed by atoms with Crippen molar-refractivity contribution in [3.05, 3.63) is 39.9 Å². The number of hydrogen-bond acceptors (Lipinski definition) is 5. The normalized spacial score (nSPS) is 10.2. The molecule has 0 saturated heterocycles. The molecule has 0 bridgehead atoms. The number of primary amides is 1. The van der Waals surface area contributed by atoms with Crippen LogP contribution in [0.2, 0.25) is 0 Å². The number of nitro benzene ring substituents is 1. The highest BCUT2D eigenvalue weighted by Crippen LogP contribution is 2.11. The van der Waals surface area contributed by atoms with Crippen LogP contribution in [0.3, 0.4) is 0 Å². The van der Waals surface area contributed by atoms with Crippen LogP contribution in [0.1, 0.15) is 5.56 Å². The summed E-state index contributed by atoms with van der Waals surface area (Å²) in [6.45, 7) is 1.46. The monoisotopic (exact) mass is 253 g/mol. The van der Waals surface area contributed by atoms with Crippen LogP contribution in [0.5, 0.6) is 0 Å². The van der Waals surface area contributed by atoms with Gasteiger partial charge in [-0.3, -0.25) is 14.9 Å². The molecule has 1 amide bonds. The third-order valence-electron chi connectivity index (χ3n) is 2.14. The first-order valence-corrected chi connectivity index (χ1v) is 5.39. The molecular weight excluding hydrogens is 238 g/mol. The van der Waals surface area contributed by atoms with E-state index in [2.05, 4.69) is 5.32 Å². The lowest BCUT2D eigenvalue weighted by molar-refractivity contribution is -0.384. The second-order valence-corrected chi connectivity index (χ2v) is 3.62. The van der Waals surface area contributed by atoms with Crippen LogP contribution >= 0.6 is 0 Å². The molecule has 98 valence electrons. The molecule has 0 unspecified atom stereocenters. The molecular formula is C11H15N3O4. The van der Waals surface area contributed by atoms with E-state index in [9.17, 15) is 14.9 Å². The molecule has 1 rings (SSSR count). The number of carbonyl (C=O) groups excluding carboxylic acids is 1. The standard InChI is InChI=1S/C11H15N3O4/c12-11(15)8-18-6-5-13-7-9-1-3-10(4-2-9)14(16)17/h1-4,13H,5-8H2,(H2,12,15). The molecule has 0 aromatic heterocycles. The predicted octanol–water partition coefficient (Wildman–Crippen LogP) is 0.186. The molecule has 0 saturated carbocycles. The summed E-state index contributed by atoms with van der Waals surface area (Å²) < 4.78 is 4.96. The van der Waals surface area contributed by atoms with Crippen LogP contribution in [-0.2, 0) is 16.1 Å². The number of carbonyl (C=O) groups is 1. The Bertz CT molecular complexity index is 405. The van der Waals surface area contributed by atoms with Gasteiger partial charge in [-0.25, -0.2) is 0 Å². The third kappa shape index (κ3) is 5.37. The topological polar surface area (TPSA) is 107 Å². The lowest BCUT2D eigenvalue weighted by atomic mass is 10.2. The lowest BCUT2D eigenvalue weighted by Crippen LogP contribution is -2.23. The Morgan fingerprint density at radius 2 is 2.06 bits per heavy atom. The summed E-state index contributed by atoms with van der Waals surface area (Å²) in [6.07, 6.45) is 0. The average molecular weight is 253 g/mol. The second-order valence-electron chi connectivity index (χ2n) is 3.62. The Kier molecular flexibility index (Phi) is 5.75. The summed E-state index contributed by atoms with van der Waals surface area (Å²) in [7, 11) is 0. The first kappa shape index (κ1) is 14.1. The summed E-state index contributed by atoms with van der Waals surface area (Å²) in [5.41, 5.74) is 5.91. The van der Waals surface area contributed by atoms with E-state index < -0.39 is 10.8 Å². The zero-order chi connectivity index (χ0) is 13.4. The summed E-state index contributed by atoms with van der Waals surface area (Å²) in [4.78, 5) is 20.4. The largest absolute Gasteiger partial charge is 0.370 e. The van der Waals surface area contributed by atoms with E-state index >= 15 is 0 Å². The molecule has 7 nitrogen and oxygen atoms in total. The maximum atomic E-state index is 10.4. The van der Waals surface area contributed by atoms with Crippen molar-refractivity contribution in [2.45, 2.75) is 6.54 Å². The Morgan fingerprint density at radius 3 is 2.61 bits per heavy atom. The second kappa shape index (κ2) is 7.36. The lowest BCUT2D eigenvalue weighted by Gasteiger charge is -2.05. The Labute approximate surface area is 104 Å². The number of nitrogens with one attached hydrogen (secondary N) is 1. The zero-order valence-corrected chi connectivity index (χ0v) is 9.80. The molecule has 0 aliphatic rings. The fourth-order valence-corrected chi connectivity index (χ4v) is 1.29. The van der Waals surface area contributed by atoms with Crippen molar-refractivity contribution in [3.63, 3.8) is 0 Å². The first-order chi connectivity index (χ1) is 8.59. The Hall–Kier alpha value is -1.99. The highest BCUT2D eigenvalue weighted by atomic mass is 16.6. The van der Waals surface area contributed by atoms with Crippen LogP contribution in [0.15, 0.2) is 24.3 Å². The molecule has 7 heteroatoms. The SMILES string of the molecule is NC(=O)COCCNCc1ccc([N+](=O)[O-])cc1. The third-order valence-corrected chi connectivity index (χ3v) is 2.14. The van der Waals surface area contributed by atoms with Gasteiger partial charge in [0.25, 0.3) is 5.69 Å². The minimum absolute atomic E-state index is 0.0727. The van der Waals surface area contributed by atoms with Crippen LogP contribution in [0.25, 0.3) is 0 Å². The van der Waals surface area contributed by atoms with E-state index in [1.165, 1.54) is 12.1 Å². The number of nitrogens with zero attached hydrogens (tertiary/aromatic N) is 1. The van der Waals surface area contributed by atoms with Gasteiger partial charge in [0.2, 0.25) is 5.91 Å². The molecule has 0 radical (unpaired) electrons. The number of nitro groups is 1. The number of amides is 1. The Balaban J connectivity index is 2.19. The van der Waals surface area contributed by atoms with E-state index in [4.69, 9.17) is 10.5 Å². The maximum Gasteiger partial charge on any atom is 0.269 e. The van der Waals surface area contributed by atoms with Crippen LogP contribution < -0.4 is 11.1 Å². The summed E-state index contributed by atoms with van der Waals surface area (Å²) in [6, 6.07) is 6.30. The van der Waals surface area contributed by atoms with Gasteiger partial charge in [0.1, 0.15) is 6.61 Å². The number of hydrogen-bond donors (Lipinski definition) is 2. The van der Waals surface area contributed by atoms with E-state index in [0.717, 1.165) is 5.56 Å². The fourth-order valence-electron chi connectivity index (χ4n) is 1.29. The molecule has 0 fully saturated rings. The summed E-state index contributed by atoms with van der Waals surface area (Å²) in [5, 5.41) is 13.5. The summed E-state index contributed by atoms with van der Waals surface area (Å²) >= 11 is 0. The van der Waals surface area contributed by atoms with Gasteiger partial charge in [0.05, 0.1) is 11.5 Å². The molecule has 0 heterocycles. The molecule has 1 aromatic carbocycles. The molecule has 3 N–H and O–H groups in total. The van der Waals surface area contributed by atoms with Gasteiger partial charge < -0.3 is 15.8 Å². The molecule has 0 aliphatic heterocycles. The van der Waals surface area contributed by atoms with Crippen molar-refractivity contribution in [1.82, 2.24) is 5.32 Å². The van der Waals surface area contributed by atoms with Gasteiger partial charge in [-0.1, -0.05) is 12.1 Å². The number of ether oxygens (including phenoxy) is 1. The van der Waals surface area contributed by atoms with Gasteiger partial charge in [-0.05, 0) is 5.56 Å². The predicted molar refractivity (Wildman–Crippen MR) is 64.8 cm³/mol. The van der Waals surface area contributed by atoms with Crippen LogP contribution in [0.4, 0.5) is 5.69 Å². The minimum Gasteiger partial charge on any atom is -0.370 e. The molecule has 1 aromatic rings. The van der Waals surface area contributed by atoms with Gasteiger partial charge in [-0.2, -0.15) is 0 Å². The molecule has 0 atom stereocenters. The number of benzene rings is 1. The molecule has 0 spiro atoms. The van der Waals surface area contributed by atoms with Crippen molar-refractivity contribution in [1.29, 1.82) is 0 Å². The van der Waals surface area contributed by atoms with Crippen LogP contribution in [-0.4, -0.2) is 30.6 Å². The van der Waals surface area contributed by atoms with E-state index in [-0.39, 0.29) is 12.3 Å². The van der Waals surface area contributed by atoms with E-state index in [1.807, 2.05) is 0 Å². The fraction of sp³-hybridized carbons (Fsp3) is 0.364. The highest BCUT2D eigenvalue weighted by molar-refractivity contribution is 5.74. The number of nitrogens with two attached hydrogens (primary N) is 1. The van der Waals surface area contributed by atoms with Gasteiger partial charge in [0, 0.05) is 25.2 Å². The Morgan fingerprint density at radius 1 is 1.39 bits per heavy atom. The van der Waals surface area contributed by atoms with Gasteiger partial charge >= 0.3 is 0 Å². The summed E-state index contributed by atoms with van der Waals surface area (Å²) in [5.74, 6) is -0.495. The van der Waals surface area contributed by atoms with Gasteiger partial charge in [0.15, 0.2) is 0 Å². The van der Waals surface area contributed by atoms with E-state index in [0.29, 0.717) is 19.7 Å². The van der Waals surface area contributed by atoms with E-state index in [1.54, 1.807) is 12.1 Å². The van der Waals surface area contributed by atoms with Crippen LogP contribution in [0, 0.1) is 10.1 Å². The number of rotatable bonds is 8. The minimum atomic E-state index is -0.495. The van der Waals surface area contributed by atoms with Crippen molar-refractivity contribution in [2.75, 3.05) is 19.8 Å². The van der Waals surface area contributed by atoms with Crippen molar-refractivity contribution < 1.29 is 14.5 Å². The number of non-ortho nitro benzene ring substituents is 1. The first-order valence-electron chi connectivity index (χ1n) is 5.39. The quantitative estimate of drug-likeness (QED) is 0.390. The van der Waals surface area contributed by atoms with Crippen molar-refractivity contribution in [3.8, 4) is 0 Å². The molecule has 18 heavy (non-hydrogen) atoms. The van der Waals surface area contributed by atoms with Crippen molar-refractivity contribution >= 4 is 11.6 Å². The smallest absolute Gasteiger partial charge is 0.269 e. The van der Waals surface area contributed by atoms with Crippen molar-refractivity contribution in [2.24, 2.45) is 5.73 Å². The highest BCUT2D eigenvalue weighted by Gasteiger charge is 2.03. The average Bonchev–Trinajstić information content (AvgIpc) is 2.34. The zero-order valence-electron chi connectivity index (χ0n) is 9.80.